The van der Waals surface area contributed by atoms with Crippen molar-refractivity contribution in [1.29, 1.82) is 0 Å². The topological polar surface area (TPSA) is 108 Å². The van der Waals surface area contributed by atoms with Crippen LogP contribution in [0.2, 0.25) is 0 Å². The van der Waals surface area contributed by atoms with Gasteiger partial charge in [0.25, 0.3) is 0 Å². The molecular formula is C37H48O10. The molecule has 256 valence electrons. The number of ether oxygens (including phenoxy) is 8. The minimum atomic E-state index is -0.508. The van der Waals surface area contributed by atoms with E-state index >= 15 is 0 Å². The molecule has 10 nitrogen and oxygen atoms in total. The van der Waals surface area contributed by atoms with E-state index in [4.69, 9.17) is 37.9 Å². The Balaban J connectivity index is 1.63. The smallest absolute Gasteiger partial charge is 0.335 e. The minimum Gasteiger partial charge on any atom is -0.491 e. The van der Waals surface area contributed by atoms with Crippen LogP contribution in [0.5, 0.6) is 11.5 Å². The maximum Gasteiger partial charge on any atom is 0.335 e. The molecule has 10 heteroatoms. The number of rotatable bonds is 26. The van der Waals surface area contributed by atoms with Crippen LogP contribution in [0.4, 0.5) is 0 Å². The van der Waals surface area contributed by atoms with Gasteiger partial charge in [-0.15, -0.1) is 13.2 Å². The van der Waals surface area contributed by atoms with E-state index in [1.165, 1.54) is 0 Å². The fraction of sp³-hybridized carbons (Fsp3) is 0.405. The fourth-order valence-electron chi connectivity index (χ4n) is 3.98. The summed E-state index contributed by atoms with van der Waals surface area (Å²) in [5.74, 6) is 0.455. The molecule has 0 saturated heterocycles. The predicted octanol–water partition coefficient (Wildman–Crippen LogP) is 5.41. The van der Waals surface area contributed by atoms with E-state index in [1.54, 1.807) is 12.2 Å². The molecule has 0 aromatic heterocycles. The predicted molar refractivity (Wildman–Crippen MR) is 180 cm³/mol. The number of carbonyl (C=O) groups excluding carboxylic acids is 2. The molecule has 0 aliphatic carbocycles. The summed E-state index contributed by atoms with van der Waals surface area (Å²) in [5, 5.41) is 0. The van der Waals surface area contributed by atoms with Gasteiger partial charge >= 0.3 is 11.9 Å². The largest absolute Gasteiger partial charge is 0.491 e. The molecule has 0 bridgehead atoms. The Morgan fingerprint density at radius 2 is 0.936 bits per heavy atom. The third-order valence-electron chi connectivity index (χ3n) is 6.67. The summed E-state index contributed by atoms with van der Waals surface area (Å²) in [6.07, 6.45) is 3.19. The van der Waals surface area contributed by atoms with Crippen molar-refractivity contribution in [3.63, 3.8) is 0 Å². The molecule has 2 rings (SSSR count). The first-order valence-electron chi connectivity index (χ1n) is 15.4. The molecule has 0 unspecified atom stereocenters. The van der Waals surface area contributed by atoms with Crippen LogP contribution in [0.15, 0.2) is 98.1 Å². The van der Waals surface area contributed by atoms with E-state index in [-0.39, 0.29) is 56.2 Å². The highest BCUT2D eigenvalue weighted by molar-refractivity contribution is 5.88. The van der Waals surface area contributed by atoms with Crippen LogP contribution in [-0.2, 0) is 43.4 Å². The monoisotopic (exact) mass is 652 g/mol. The third kappa shape index (κ3) is 15.3. The third-order valence-corrected chi connectivity index (χ3v) is 6.67. The number of esters is 2. The average molecular weight is 653 g/mol. The van der Waals surface area contributed by atoms with Gasteiger partial charge in [0.1, 0.15) is 37.9 Å². The van der Waals surface area contributed by atoms with Crippen molar-refractivity contribution in [3.8, 4) is 11.5 Å². The molecule has 0 spiro atoms. The summed E-state index contributed by atoms with van der Waals surface area (Å²) in [6, 6.07) is 15.9. The standard InChI is InChI=1S/C37H48O10/c1-7-17-42-27-29(3)35(38)46-25-21-40-19-23-44-33-13-9-31(10-14-33)37(5,6)32-11-15-34(16-12-32)45-24-20-41-22-26-47-36(39)30(4)28-43-18-8-2/h7-16H,1-4,17-28H2,5-6H3. The summed E-state index contributed by atoms with van der Waals surface area (Å²) < 4.78 is 43.1. The summed E-state index contributed by atoms with van der Waals surface area (Å²) in [6.45, 7) is 21.8. The van der Waals surface area contributed by atoms with E-state index in [0.717, 1.165) is 22.6 Å². The van der Waals surface area contributed by atoms with Crippen molar-refractivity contribution in [1.82, 2.24) is 0 Å². The van der Waals surface area contributed by atoms with Crippen LogP contribution < -0.4 is 9.47 Å². The summed E-state index contributed by atoms with van der Waals surface area (Å²) in [5.41, 5.74) is 2.51. The molecule has 0 aliphatic heterocycles. The lowest BCUT2D eigenvalue weighted by Crippen LogP contribution is -2.19. The van der Waals surface area contributed by atoms with Crippen LogP contribution in [-0.4, -0.2) is 91.2 Å². The Morgan fingerprint density at radius 3 is 1.30 bits per heavy atom. The lowest BCUT2D eigenvalue weighted by Gasteiger charge is -2.26. The first kappa shape index (κ1) is 39.0. The molecule has 2 aromatic carbocycles. The number of hydrogen-bond acceptors (Lipinski definition) is 10. The Bertz CT molecular complexity index is 1170. The fourth-order valence-corrected chi connectivity index (χ4v) is 3.98. The van der Waals surface area contributed by atoms with Crippen molar-refractivity contribution in [2.75, 3.05) is 79.3 Å². The molecule has 0 atom stereocenters. The van der Waals surface area contributed by atoms with Crippen LogP contribution in [0.1, 0.15) is 25.0 Å². The normalized spacial score (nSPS) is 10.9. The van der Waals surface area contributed by atoms with Crippen LogP contribution in [0, 0.1) is 0 Å². The summed E-state index contributed by atoms with van der Waals surface area (Å²) >= 11 is 0. The van der Waals surface area contributed by atoms with Crippen molar-refractivity contribution in [3.05, 3.63) is 109 Å². The van der Waals surface area contributed by atoms with Gasteiger partial charge in [0, 0.05) is 5.41 Å². The van der Waals surface area contributed by atoms with Crippen molar-refractivity contribution >= 4 is 11.9 Å². The highest BCUT2D eigenvalue weighted by atomic mass is 16.6. The van der Waals surface area contributed by atoms with Gasteiger partial charge in [-0.25, -0.2) is 9.59 Å². The molecule has 0 radical (unpaired) electrons. The highest BCUT2D eigenvalue weighted by Gasteiger charge is 2.23. The van der Waals surface area contributed by atoms with E-state index in [0.29, 0.717) is 39.6 Å². The van der Waals surface area contributed by atoms with Gasteiger partial charge in [-0.2, -0.15) is 0 Å². The molecule has 0 saturated carbocycles. The molecule has 0 fully saturated rings. The molecule has 2 aromatic rings. The zero-order chi connectivity index (χ0) is 34.3. The quantitative estimate of drug-likeness (QED) is 0.0567. The highest BCUT2D eigenvalue weighted by Crippen LogP contribution is 2.33. The molecule has 0 N–H and O–H groups in total. The van der Waals surface area contributed by atoms with Gasteiger partial charge < -0.3 is 37.9 Å². The van der Waals surface area contributed by atoms with Gasteiger partial charge in [0.05, 0.1) is 64.0 Å². The summed E-state index contributed by atoms with van der Waals surface area (Å²) in [4.78, 5) is 23.6. The first-order chi connectivity index (χ1) is 22.7. The summed E-state index contributed by atoms with van der Waals surface area (Å²) in [7, 11) is 0. The zero-order valence-electron chi connectivity index (χ0n) is 27.7. The van der Waals surface area contributed by atoms with E-state index in [2.05, 4.69) is 40.2 Å². The van der Waals surface area contributed by atoms with E-state index < -0.39 is 11.9 Å². The number of hydrogen-bond donors (Lipinski definition) is 0. The van der Waals surface area contributed by atoms with Gasteiger partial charge in [0.2, 0.25) is 0 Å². The maximum atomic E-state index is 11.8. The Morgan fingerprint density at radius 1 is 0.574 bits per heavy atom. The number of carbonyl (C=O) groups is 2. The molecule has 0 aliphatic rings. The second-order valence-corrected chi connectivity index (χ2v) is 10.7. The lowest BCUT2D eigenvalue weighted by atomic mass is 9.78. The second kappa shape index (κ2) is 22.3. The van der Waals surface area contributed by atoms with Crippen LogP contribution in [0.3, 0.4) is 0 Å². The van der Waals surface area contributed by atoms with E-state index in [1.807, 2.05) is 48.5 Å². The van der Waals surface area contributed by atoms with Crippen LogP contribution >= 0.6 is 0 Å². The Hall–Kier alpha value is -4.22. The zero-order valence-corrected chi connectivity index (χ0v) is 27.7. The lowest BCUT2D eigenvalue weighted by molar-refractivity contribution is -0.142. The number of benzene rings is 2. The van der Waals surface area contributed by atoms with Crippen LogP contribution in [0.25, 0.3) is 0 Å². The van der Waals surface area contributed by atoms with Gasteiger partial charge in [0.15, 0.2) is 0 Å². The molecule has 0 heterocycles. The minimum absolute atomic E-state index is 0.102. The molecular weight excluding hydrogens is 604 g/mol. The first-order valence-corrected chi connectivity index (χ1v) is 15.4. The molecule has 47 heavy (non-hydrogen) atoms. The second-order valence-electron chi connectivity index (χ2n) is 10.7. The average Bonchev–Trinajstić information content (AvgIpc) is 3.07. The van der Waals surface area contributed by atoms with Gasteiger partial charge in [-0.1, -0.05) is 63.4 Å². The SMILES string of the molecule is C=CCOCC(=C)C(=O)OCCOCCOc1ccc(C(C)(C)c2ccc(OCCOCCOC(=O)C(=C)COCC=C)cc2)cc1. The van der Waals surface area contributed by atoms with Gasteiger partial charge in [-0.05, 0) is 35.4 Å². The Kier molecular flexibility index (Phi) is 18.5. The van der Waals surface area contributed by atoms with Crippen molar-refractivity contribution in [2.45, 2.75) is 19.3 Å². The van der Waals surface area contributed by atoms with E-state index in [9.17, 15) is 9.59 Å². The van der Waals surface area contributed by atoms with Gasteiger partial charge in [-0.3, -0.25) is 0 Å². The Labute approximate surface area is 278 Å². The van der Waals surface area contributed by atoms with Crippen molar-refractivity contribution in [2.24, 2.45) is 0 Å². The maximum absolute atomic E-state index is 11.8. The van der Waals surface area contributed by atoms with Crippen molar-refractivity contribution < 1.29 is 47.5 Å². The molecule has 0 amide bonds.